The highest BCUT2D eigenvalue weighted by Crippen LogP contribution is 2.47. The van der Waals surface area contributed by atoms with E-state index in [1.54, 1.807) is 14.2 Å². The Morgan fingerprint density at radius 3 is 1.84 bits per heavy atom. The Labute approximate surface area is 225 Å². The van der Waals surface area contributed by atoms with Crippen LogP contribution in [-0.4, -0.2) is 49.5 Å². The molecule has 38 heavy (non-hydrogen) atoms. The largest absolute Gasteiger partial charge is 0.496 e. The van der Waals surface area contributed by atoms with Gasteiger partial charge >= 0.3 is 0 Å². The van der Waals surface area contributed by atoms with Crippen LogP contribution >= 0.6 is 0 Å². The fraction of sp³-hybridized carbons (Fsp3) is 0.273. The molecule has 0 radical (unpaired) electrons. The maximum atomic E-state index is 10.7. The zero-order valence-electron chi connectivity index (χ0n) is 22.0. The molecule has 1 heterocycles. The van der Waals surface area contributed by atoms with Gasteiger partial charge in [-0.25, -0.2) is 0 Å². The Hall–Kier alpha value is -3.64. The number of aliphatic hydroxyl groups is 1. The van der Waals surface area contributed by atoms with E-state index >= 15 is 0 Å². The number of para-hydroxylation sites is 2. The zero-order valence-corrected chi connectivity index (χ0v) is 22.0. The van der Waals surface area contributed by atoms with Gasteiger partial charge in [-0.1, -0.05) is 97.1 Å². The van der Waals surface area contributed by atoms with Crippen LogP contribution in [0.15, 0.2) is 109 Å². The zero-order chi connectivity index (χ0) is 26.4. The van der Waals surface area contributed by atoms with Crippen LogP contribution in [0.25, 0.3) is 0 Å². The maximum absolute atomic E-state index is 10.7. The first-order chi connectivity index (χ1) is 18.7. The number of ether oxygens (including phenoxy) is 3. The highest BCUT2D eigenvalue weighted by molar-refractivity contribution is 5.56. The van der Waals surface area contributed by atoms with Crippen LogP contribution in [0.3, 0.4) is 0 Å². The highest BCUT2D eigenvalue weighted by Gasteiger charge is 2.43. The summed E-state index contributed by atoms with van der Waals surface area (Å²) < 4.78 is 18.9. The summed E-state index contributed by atoms with van der Waals surface area (Å²) in [5.74, 6) is 1.46. The van der Waals surface area contributed by atoms with Crippen LogP contribution in [0.1, 0.15) is 28.7 Å². The number of β-amino-alcohol motifs (C(OH)–C–C–N with tert-alkyl or cyclic N) is 1. The smallest absolute Gasteiger partial charge is 0.150 e. The minimum absolute atomic E-state index is 0.0395. The Morgan fingerprint density at radius 2 is 1.26 bits per heavy atom. The lowest BCUT2D eigenvalue weighted by Gasteiger charge is -2.39. The van der Waals surface area contributed by atoms with Crippen LogP contribution in [0.2, 0.25) is 0 Å². The first kappa shape index (κ1) is 26.0. The molecule has 0 aromatic heterocycles. The van der Waals surface area contributed by atoms with Crippen molar-refractivity contribution in [3.05, 3.63) is 131 Å². The molecule has 2 atom stereocenters. The first-order valence-corrected chi connectivity index (χ1v) is 13.1. The number of likely N-dealkylation sites (tertiary alicyclic amines) is 1. The molecule has 1 N–H and O–H groups in total. The average molecular weight is 510 g/mol. The summed E-state index contributed by atoms with van der Waals surface area (Å²) in [4.78, 5) is 2.32. The van der Waals surface area contributed by atoms with E-state index in [2.05, 4.69) is 53.4 Å². The number of hydrogen-bond donors (Lipinski definition) is 1. The van der Waals surface area contributed by atoms with E-state index in [-0.39, 0.29) is 6.04 Å². The molecule has 1 fully saturated rings. The van der Waals surface area contributed by atoms with Gasteiger partial charge in [-0.2, -0.15) is 0 Å². The van der Waals surface area contributed by atoms with E-state index < -0.39 is 11.7 Å². The molecule has 5 rings (SSSR count). The molecule has 1 saturated heterocycles. The van der Waals surface area contributed by atoms with Gasteiger partial charge in [-0.15, -0.1) is 0 Å². The molecular weight excluding hydrogens is 474 g/mol. The molecule has 4 aromatic carbocycles. The number of benzene rings is 4. The third-order valence-electron chi connectivity index (χ3n) is 7.38. The van der Waals surface area contributed by atoms with Crippen LogP contribution in [-0.2, 0) is 16.9 Å². The van der Waals surface area contributed by atoms with Gasteiger partial charge in [0, 0.05) is 30.3 Å². The summed E-state index contributed by atoms with van der Waals surface area (Å²) in [5.41, 5.74) is 2.97. The number of aliphatic hydroxyl groups excluding tert-OH is 1. The summed E-state index contributed by atoms with van der Waals surface area (Å²) in [5, 5.41) is 10.7. The van der Waals surface area contributed by atoms with Gasteiger partial charge in [-0.3, -0.25) is 4.90 Å². The van der Waals surface area contributed by atoms with Gasteiger partial charge < -0.3 is 19.3 Å². The van der Waals surface area contributed by atoms with E-state index in [0.29, 0.717) is 19.6 Å². The molecule has 4 aromatic rings. The number of methoxy groups -OCH3 is 2. The lowest BCUT2D eigenvalue weighted by atomic mass is 9.79. The van der Waals surface area contributed by atoms with Crippen LogP contribution in [0.5, 0.6) is 11.5 Å². The van der Waals surface area contributed by atoms with Crippen molar-refractivity contribution in [1.29, 1.82) is 0 Å². The van der Waals surface area contributed by atoms with Crippen LogP contribution < -0.4 is 9.47 Å². The number of nitrogens with zero attached hydrogens (tertiary/aromatic N) is 1. The van der Waals surface area contributed by atoms with E-state index in [1.807, 2.05) is 60.7 Å². The fourth-order valence-corrected chi connectivity index (χ4v) is 5.60. The van der Waals surface area contributed by atoms with Crippen LogP contribution in [0, 0.1) is 0 Å². The van der Waals surface area contributed by atoms with Crippen molar-refractivity contribution in [2.75, 3.05) is 27.4 Å². The predicted molar refractivity (Wildman–Crippen MR) is 150 cm³/mol. The Kier molecular flexibility index (Phi) is 8.08. The van der Waals surface area contributed by atoms with Crippen molar-refractivity contribution in [2.45, 2.75) is 30.7 Å². The van der Waals surface area contributed by atoms with Gasteiger partial charge in [-0.05, 0) is 29.7 Å². The fourth-order valence-electron chi connectivity index (χ4n) is 5.60. The van der Waals surface area contributed by atoms with Crippen molar-refractivity contribution in [3.63, 3.8) is 0 Å². The lowest BCUT2D eigenvalue weighted by molar-refractivity contribution is -0.0191. The van der Waals surface area contributed by atoms with E-state index in [9.17, 15) is 5.11 Å². The standard InChI is InChI=1S/C33H35NO4/c1-36-31-19-11-9-17-29(31)33(26-15-7-4-8-16-26,30-18-10-12-20-32(30)37-2)38-24-27-21-28(35)23-34(27)22-25-13-5-3-6-14-25/h3-20,27-28,35H,21-24H2,1-2H3. The Balaban J connectivity index is 1.61. The number of hydrogen-bond acceptors (Lipinski definition) is 5. The summed E-state index contributed by atoms with van der Waals surface area (Å²) in [7, 11) is 3.37. The third kappa shape index (κ3) is 5.18. The van der Waals surface area contributed by atoms with Crippen molar-refractivity contribution >= 4 is 0 Å². The second-order valence-electron chi connectivity index (χ2n) is 9.72. The van der Waals surface area contributed by atoms with Gasteiger partial charge in [0.2, 0.25) is 0 Å². The molecular formula is C33H35NO4. The monoisotopic (exact) mass is 509 g/mol. The molecule has 2 unspecified atom stereocenters. The molecule has 5 heteroatoms. The second-order valence-corrected chi connectivity index (χ2v) is 9.72. The third-order valence-corrected chi connectivity index (χ3v) is 7.38. The van der Waals surface area contributed by atoms with Gasteiger partial charge in [0.05, 0.1) is 26.9 Å². The SMILES string of the molecule is COc1ccccc1C(OCC1CC(O)CN1Cc1ccccc1)(c1ccccc1)c1ccccc1OC. The second kappa shape index (κ2) is 11.8. The summed E-state index contributed by atoms with van der Waals surface area (Å²) >= 11 is 0. The normalized spacial score (nSPS) is 17.9. The first-order valence-electron chi connectivity index (χ1n) is 13.1. The van der Waals surface area contributed by atoms with Crippen molar-refractivity contribution in [2.24, 2.45) is 0 Å². The topological polar surface area (TPSA) is 51.2 Å². The Bertz CT molecular complexity index is 1260. The molecule has 0 saturated carbocycles. The quantitative estimate of drug-likeness (QED) is 0.280. The minimum atomic E-state index is -1.01. The predicted octanol–water partition coefficient (Wildman–Crippen LogP) is 5.65. The highest BCUT2D eigenvalue weighted by atomic mass is 16.5. The van der Waals surface area contributed by atoms with E-state index in [1.165, 1.54) is 5.56 Å². The maximum Gasteiger partial charge on any atom is 0.150 e. The van der Waals surface area contributed by atoms with E-state index in [4.69, 9.17) is 14.2 Å². The lowest BCUT2D eigenvalue weighted by Crippen LogP contribution is -2.40. The molecule has 0 bridgehead atoms. The van der Waals surface area contributed by atoms with Gasteiger partial charge in [0.15, 0.2) is 5.60 Å². The molecule has 0 spiro atoms. The molecule has 1 aliphatic heterocycles. The van der Waals surface area contributed by atoms with Crippen molar-refractivity contribution < 1.29 is 19.3 Å². The molecule has 5 nitrogen and oxygen atoms in total. The van der Waals surface area contributed by atoms with Gasteiger partial charge in [0.1, 0.15) is 11.5 Å². The van der Waals surface area contributed by atoms with Crippen molar-refractivity contribution in [1.82, 2.24) is 4.90 Å². The summed E-state index contributed by atoms with van der Waals surface area (Å²) in [6.45, 7) is 1.78. The minimum Gasteiger partial charge on any atom is -0.496 e. The molecule has 1 aliphatic rings. The molecule has 0 amide bonds. The summed E-state index contributed by atoms with van der Waals surface area (Å²) in [6, 6.07) is 36.7. The Morgan fingerprint density at radius 1 is 0.737 bits per heavy atom. The molecule has 196 valence electrons. The number of rotatable bonds is 10. The van der Waals surface area contributed by atoms with Crippen LogP contribution in [0.4, 0.5) is 0 Å². The molecule has 0 aliphatic carbocycles. The van der Waals surface area contributed by atoms with E-state index in [0.717, 1.165) is 34.7 Å². The van der Waals surface area contributed by atoms with Crippen molar-refractivity contribution in [3.8, 4) is 11.5 Å². The van der Waals surface area contributed by atoms with Gasteiger partial charge in [0.25, 0.3) is 0 Å². The summed E-state index contributed by atoms with van der Waals surface area (Å²) in [6.07, 6.45) is 0.256. The average Bonchev–Trinajstić information content (AvgIpc) is 3.33.